The average molecular weight is 281 g/mol. The molecule has 0 radical (unpaired) electrons. The third-order valence-corrected chi connectivity index (χ3v) is 8.28. The van der Waals surface area contributed by atoms with Gasteiger partial charge in [0.2, 0.25) is 0 Å². The van der Waals surface area contributed by atoms with Crippen molar-refractivity contribution in [2.24, 2.45) is 11.3 Å². The van der Waals surface area contributed by atoms with Crippen LogP contribution in [0.2, 0.25) is 0 Å². The zero-order valence-electron chi connectivity index (χ0n) is 13.9. The number of rotatable bonds is 6. The average Bonchev–Trinajstić information content (AvgIpc) is 2.09. The zero-order valence-corrected chi connectivity index (χ0v) is 15.5. The standard InChI is InChI=1S/C15H36S2/c1-11-15(4,13(2)3)14(17(8,9)10)12-16(5,6)7/h13-14H,11-12H2,1-10H3. The van der Waals surface area contributed by atoms with Gasteiger partial charge >= 0.3 is 0 Å². The Morgan fingerprint density at radius 3 is 1.53 bits per heavy atom. The van der Waals surface area contributed by atoms with Gasteiger partial charge in [-0.05, 0) is 61.0 Å². The van der Waals surface area contributed by atoms with Crippen molar-refractivity contribution < 1.29 is 0 Å². The quantitative estimate of drug-likeness (QED) is 0.654. The maximum atomic E-state index is 2.53. The normalized spacial score (nSPS) is 21.1. The van der Waals surface area contributed by atoms with Crippen LogP contribution in [0.25, 0.3) is 0 Å². The Kier molecular flexibility index (Phi) is 6.01. The minimum atomic E-state index is -0.492. The maximum absolute atomic E-state index is 2.53. The molecule has 17 heavy (non-hydrogen) atoms. The summed E-state index contributed by atoms with van der Waals surface area (Å²) in [6.45, 7) is 9.75. The van der Waals surface area contributed by atoms with Crippen molar-refractivity contribution >= 4 is 20.1 Å². The van der Waals surface area contributed by atoms with E-state index in [1.807, 2.05) is 0 Å². The van der Waals surface area contributed by atoms with E-state index in [-0.39, 0.29) is 0 Å². The summed E-state index contributed by atoms with van der Waals surface area (Å²) in [5.74, 6) is 2.22. The van der Waals surface area contributed by atoms with Crippen LogP contribution in [0.15, 0.2) is 0 Å². The van der Waals surface area contributed by atoms with E-state index in [0.29, 0.717) is 5.41 Å². The Morgan fingerprint density at radius 1 is 0.941 bits per heavy atom. The van der Waals surface area contributed by atoms with E-state index < -0.39 is 20.1 Å². The first kappa shape index (κ1) is 17.7. The lowest BCUT2D eigenvalue weighted by Gasteiger charge is -2.53. The smallest absolute Gasteiger partial charge is 0.00132 e. The van der Waals surface area contributed by atoms with Crippen molar-refractivity contribution in [3.05, 3.63) is 0 Å². The van der Waals surface area contributed by atoms with Gasteiger partial charge in [0.05, 0.1) is 0 Å². The summed E-state index contributed by atoms with van der Waals surface area (Å²) in [5.41, 5.74) is 0.508. The fourth-order valence-corrected chi connectivity index (χ4v) is 8.86. The van der Waals surface area contributed by atoms with Crippen LogP contribution in [-0.2, 0) is 0 Å². The van der Waals surface area contributed by atoms with E-state index in [9.17, 15) is 0 Å². The predicted molar refractivity (Wildman–Crippen MR) is 92.6 cm³/mol. The van der Waals surface area contributed by atoms with Crippen molar-refractivity contribution in [1.29, 1.82) is 0 Å². The largest absolute Gasteiger partial charge is 0.249 e. The summed E-state index contributed by atoms with van der Waals surface area (Å²) < 4.78 is 0. The van der Waals surface area contributed by atoms with Gasteiger partial charge in [-0.2, -0.15) is 0 Å². The van der Waals surface area contributed by atoms with E-state index in [1.54, 1.807) is 0 Å². The molecule has 0 bridgehead atoms. The van der Waals surface area contributed by atoms with E-state index in [1.165, 1.54) is 12.2 Å². The summed E-state index contributed by atoms with van der Waals surface area (Å²) in [6, 6.07) is 0. The second-order valence-corrected chi connectivity index (χ2v) is 16.6. The Balaban J connectivity index is 5.32. The highest BCUT2D eigenvalue weighted by Gasteiger charge is 2.41. The van der Waals surface area contributed by atoms with Crippen molar-refractivity contribution in [3.8, 4) is 0 Å². The molecule has 0 rings (SSSR count). The summed E-state index contributed by atoms with van der Waals surface area (Å²) >= 11 is 0. The van der Waals surface area contributed by atoms with Crippen molar-refractivity contribution in [2.75, 3.05) is 43.3 Å². The molecule has 0 aliphatic carbocycles. The van der Waals surface area contributed by atoms with Crippen LogP contribution in [0.1, 0.15) is 34.1 Å². The first-order valence-electron chi connectivity index (χ1n) is 6.67. The van der Waals surface area contributed by atoms with Gasteiger partial charge in [0.15, 0.2) is 0 Å². The first-order valence-corrected chi connectivity index (χ1v) is 12.6. The Morgan fingerprint density at radius 2 is 1.35 bits per heavy atom. The second-order valence-electron chi connectivity index (χ2n) is 7.69. The van der Waals surface area contributed by atoms with Crippen LogP contribution >= 0.6 is 20.1 Å². The number of hydrogen-bond donors (Lipinski definition) is 0. The van der Waals surface area contributed by atoms with Crippen molar-refractivity contribution in [3.63, 3.8) is 0 Å². The minimum Gasteiger partial charge on any atom is -0.249 e. The predicted octanol–water partition coefficient (Wildman–Crippen LogP) is 4.82. The van der Waals surface area contributed by atoms with Crippen LogP contribution in [0.5, 0.6) is 0 Å². The molecule has 0 spiro atoms. The first-order chi connectivity index (χ1) is 7.34. The molecule has 0 saturated carbocycles. The molecule has 0 aliphatic rings. The van der Waals surface area contributed by atoms with Gasteiger partial charge in [0.1, 0.15) is 0 Å². The molecule has 0 amide bonds. The lowest BCUT2D eigenvalue weighted by atomic mass is 9.74. The number of hydrogen-bond acceptors (Lipinski definition) is 0. The van der Waals surface area contributed by atoms with E-state index in [0.717, 1.165) is 11.2 Å². The highest BCUT2D eigenvalue weighted by Crippen LogP contribution is 2.57. The SMILES string of the molecule is CCC(C)(C(C)C)C(CS(C)(C)C)S(C)(C)C. The zero-order chi connectivity index (χ0) is 14.1. The molecule has 0 aromatic carbocycles. The highest BCUT2D eigenvalue weighted by atomic mass is 32.3. The van der Waals surface area contributed by atoms with Gasteiger partial charge in [-0.15, -0.1) is 0 Å². The molecule has 2 atom stereocenters. The Labute approximate surface area is 114 Å². The van der Waals surface area contributed by atoms with Crippen LogP contribution < -0.4 is 0 Å². The molecule has 108 valence electrons. The fourth-order valence-electron chi connectivity index (χ4n) is 2.66. The molecule has 0 N–H and O–H groups in total. The molecular formula is C15H36S2. The lowest BCUT2D eigenvalue weighted by molar-refractivity contribution is 0.208. The third kappa shape index (κ3) is 5.06. The van der Waals surface area contributed by atoms with Gasteiger partial charge in [0, 0.05) is 5.25 Å². The summed E-state index contributed by atoms with van der Waals surface area (Å²) in [6.07, 6.45) is 16.3. The maximum Gasteiger partial charge on any atom is 0.00132 e. The van der Waals surface area contributed by atoms with E-state index in [2.05, 4.69) is 65.2 Å². The van der Waals surface area contributed by atoms with Crippen LogP contribution in [0.4, 0.5) is 0 Å². The van der Waals surface area contributed by atoms with Crippen molar-refractivity contribution in [2.45, 2.75) is 39.4 Å². The van der Waals surface area contributed by atoms with Crippen LogP contribution in [0.3, 0.4) is 0 Å². The fraction of sp³-hybridized carbons (Fsp3) is 1.00. The summed E-state index contributed by atoms with van der Waals surface area (Å²) in [5, 5.41) is 0.898. The summed E-state index contributed by atoms with van der Waals surface area (Å²) in [7, 11) is -0.904. The molecule has 0 aromatic heterocycles. The molecule has 0 aromatic rings. The van der Waals surface area contributed by atoms with Gasteiger partial charge in [0.25, 0.3) is 0 Å². The Bertz CT molecular complexity index is 232. The highest BCUT2D eigenvalue weighted by molar-refractivity contribution is 8.35. The minimum absolute atomic E-state index is 0.412. The van der Waals surface area contributed by atoms with E-state index >= 15 is 0 Å². The topological polar surface area (TPSA) is 0 Å². The van der Waals surface area contributed by atoms with Crippen LogP contribution in [0, 0.1) is 11.3 Å². The lowest BCUT2D eigenvalue weighted by Crippen LogP contribution is -2.42. The molecular weight excluding hydrogens is 244 g/mol. The molecule has 0 aliphatic heterocycles. The summed E-state index contributed by atoms with van der Waals surface area (Å²) in [4.78, 5) is 0. The molecule has 0 saturated heterocycles. The van der Waals surface area contributed by atoms with Crippen LogP contribution in [-0.4, -0.2) is 48.5 Å². The van der Waals surface area contributed by atoms with Gasteiger partial charge in [-0.1, -0.05) is 27.7 Å². The van der Waals surface area contributed by atoms with Crippen molar-refractivity contribution in [1.82, 2.24) is 0 Å². The molecule has 2 heteroatoms. The van der Waals surface area contributed by atoms with E-state index in [4.69, 9.17) is 0 Å². The molecule has 0 nitrogen and oxygen atoms in total. The monoisotopic (exact) mass is 280 g/mol. The molecule has 0 heterocycles. The van der Waals surface area contributed by atoms with Gasteiger partial charge in [-0.3, -0.25) is 0 Å². The molecule has 2 unspecified atom stereocenters. The second kappa shape index (κ2) is 5.77. The van der Waals surface area contributed by atoms with Gasteiger partial charge < -0.3 is 0 Å². The molecule has 0 fully saturated rings. The Hall–Kier alpha value is 0.700. The third-order valence-electron chi connectivity index (χ3n) is 4.32. The van der Waals surface area contributed by atoms with Gasteiger partial charge in [-0.25, -0.2) is 20.1 Å².